The number of alkyl halides is 4. The minimum absolute atomic E-state index is 0.195. The van der Waals surface area contributed by atoms with E-state index >= 15 is 0 Å². The number of rotatable bonds is 5. The van der Waals surface area contributed by atoms with Crippen molar-refractivity contribution in [2.24, 2.45) is 0 Å². The fourth-order valence-corrected chi connectivity index (χ4v) is 2.24. The molecule has 0 bridgehead atoms. The maximum atomic E-state index is 12.4. The average Bonchev–Trinajstić information content (AvgIpc) is 2.12. The van der Waals surface area contributed by atoms with Crippen LogP contribution in [-0.4, -0.2) is 30.0 Å². The summed E-state index contributed by atoms with van der Waals surface area (Å²) in [6.45, 7) is 3.45. The summed E-state index contributed by atoms with van der Waals surface area (Å²) in [6.07, 6.45) is -4.19. The van der Waals surface area contributed by atoms with Crippen LogP contribution in [0.15, 0.2) is 18.2 Å². The summed E-state index contributed by atoms with van der Waals surface area (Å²) in [7, 11) is 0. The normalized spacial score (nSPS) is 12.2. The zero-order valence-electron chi connectivity index (χ0n) is 10.5. The molecule has 5 heteroatoms. The number of nitrogens with zero attached hydrogens (tertiary/aromatic N) is 1. The van der Waals surface area contributed by atoms with Crippen molar-refractivity contribution >= 4 is 11.6 Å². The third-order valence-electron chi connectivity index (χ3n) is 2.49. The molecule has 0 amide bonds. The first-order chi connectivity index (χ1) is 8.30. The van der Waals surface area contributed by atoms with Crippen molar-refractivity contribution in [2.75, 3.05) is 19.0 Å². The molecule has 1 rings (SSSR count). The van der Waals surface area contributed by atoms with Gasteiger partial charge in [0.05, 0.1) is 6.54 Å². The van der Waals surface area contributed by atoms with Gasteiger partial charge in [0.2, 0.25) is 0 Å². The fraction of sp³-hybridized carbons (Fsp3) is 0.538. The van der Waals surface area contributed by atoms with Crippen molar-refractivity contribution in [1.29, 1.82) is 0 Å². The Labute approximate surface area is 111 Å². The van der Waals surface area contributed by atoms with Gasteiger partial charge >= 0.3 is 6.18 Å². The molecule has 0 spiro atoms. The summed E-state index contributed by atoms with van der Waals surface area (Å²) < 4.78 is 37.2. The lowest BCUT2D eigenvalue weighted by Gasteiger charge is -2.23. The highest BCUT2D eigenvalue weighted by Crippen LogP contribution is 2.19. The molecule has 0 aliphatic rings. The maximum Gasteiger partial charge on any atom is 0.401 e. The highest BCUT2D eigenvalue weighted by Gasteiger charge is 2.30. The smallest absolute Gasteiger partial charge is 0.290 e. The second-order valence-corrected chi connectivity index (χ2v) is 4.89. The van der Waals surface area contributed by atoms with Crippen LogP contribution >= 0.6 is 11.6 Å². The molecule has 0 saturated heterocycles. The summed E-state index contributed by atoms with van der Waals surface area (Å²) in [6, 6.07) is 5.81. The third-order valence-corrected chi connectivity index (χ3v) is 2.66. The highest BCUT2D eigenvalue weighted by atomic mass is 35.5. The SMILES string of the molecule is Cc1cc(C)cc(CN(CCCl)CC(F)(F)F)c1. The van der Waals surface area contributed by atoms with Gasteiger partial charge in [-0.25, -0.2) is 0 Å². The minimum Gasteiger partial charge on any atom is -0.290 e. The molecule has 18 heavy (non-hydrogen) atoms. The predicted octanol–water partition coefficient (Wildman–Crippen LogP) is 3.91. The largest absolute Gasteiger partial charge is 0.401 e. The molecule has 0 unspecified atom stereocenters. The number of hydrogen-bond acceptors (Lipinski definition) is 1. The van der Waals surface area contributed by atoms with Gasteiger partial charge in [-0.1, -0.05) is 29.3 Å². The first-order valence-electron chi connectivity index (χ1n) is 5.72. The number of aryl methyl sites for hydroxylation is 2. The van der Waals surface area contributed by atoms with E-state index in [4.69, 9.17) is 11.6 Å². The second kappa shape index (κ2) is 6.43. The summed E-state index contributed by atoms with van der Waals surface area (Å²) >= 11 is 5.54. The number of hydrogen-bond donors (Lipinski definition) is 0. The van der Waals surface area contributed by atoms with Crippen molar-refractivity contribution in [3.05, 3.63) is 34.9 Å². The molecule has 1 aromatic rings. The van der Waals surface area contributed by atoms with E-state index in [0.29, 0.717) is 0 Å². The van der Waals surface area contributed by atoms with E-state index in [2.05, 4.69) is 0 Å². The minimum atomic E-state index is -4.19. The Hall–Kier alpha value is -0.740. The van der Waals surface area contributed by atoms with E-state index < -0.39 is 12.7 Å². The van der Waals surface area contributed by atoms with Crippen molar-refractivity contribution in [3.8, 4) is 0 Å². The van der Waals surface area contributed by atoms with Gasteiger partial charge in [-0.2, -0.15) is 13.2 Å². The van der Waals surface area contributed by atoms with Crippen LogP contribution in [0.1, 0.15) is 16.7 Å². The monoisotopic (exact) mass is 279 g/mol. The Balaban J connectivity index is 2.76. The summed E-state index contributed by atoms with van der Waals surface area (Å²) in [5.41, 5.74) is 3.01. The molecule has 0 aromatic heterocycles. The van der Waals surface area contributed by atoms with Crippen LogP contribution in [0.2, 0.25) is 0 Å². The summed E-state index contributed by atoms with van der Waals surface area (Å²) in [5.74, 6) is 0.195. The van der Waals surface area contributed by atoms with Crippen LogP contribution in [0, 0.1) is 13.8 Å². The van der Waals surface area contributed by atoms with Gasteiger partial charge in [0.15, 0.2) is 0 Å². The number of halogens is 4. The predicted molar refractivity (Wildman–Crippen MR) is 68.0 cm³/mol. The van der Waals surface area contributed by atoms with Crippen LogP contribution in [0.4, 0.5) is 13.2 Å². The molecule has 0 atom stereocenters. The van der Waals surface area contributed by atoms with Gasteiger partial charge in [0.25, 0.3) is 0 Å². The Bertz CT molecular complexity index is 370. The van der Waals surface area contributed by atoms with Gasteiger partial charge in [0.1, 0.15) is 0 Å². The van der Waals surface area contributed by atoms with Crippen molar-refractivity contribution in [1.82, 2.24) is 4.90 Å². The molecule has 0 aliphatic carbocycles. The van der Waals surface area contributed by atoms with E-state index in [-0.39, 0.29) is 19.0 Å². The van der Waals surface area contributed by atoms with Crippen LogP contribution < -0.4 is 0 Å². The summed E-state index contributed by atoms with van der Waals surface area (Å²) in [5, 5.41) is 0. The van der Waals surface area contributed by atoms with Crippen LogP contribution in [-0.2, 0) is 6.54 Å². The van der Waals surface area contributed by atoms with Crippen LogP contribution in [0.25, 0.3) is 0 Å². The lowest BCUT2D eigenvalue weighted by Crippen LogP contribution is -2.35. The van der Waals surface area contributed by atoms with Crippen molar-refractivity contribution < 1.29 is 13.2 Å². The van der Waals surface area contributed by atoms with E-state index in [0.717, 1.165) is 16.7 Å². The highest BCUT2D eigenvalue weighted by molar-refractivity contribution is 6.18. The van der Waals surface area contributed by atoms with E-state index in [9.17, 15) is 13.2 Å². The molecule has 1 nitrogen and oxygen atoms in total. The fourth-order valence-electron chi connectivity index (χ4n) is 2.01. The van der Waals surface area contributed by atoms with Gasteiger partial charge < -0.3 is 0 Å². The zero-order chi connectivity index (χ0) is 13.8. The molecular formula is C13H17ClF3N. The quantitative estimate of drug-likeness (QED) is 0.739. The van der Waals surface area contributed by atoms with Gasteiger partial charge in [-0.05, 0) is 19.4 Å². The molecule has 0 saturated carbocycles. The average molecular weight is 280 g/mol. The molecule has 0 fully saturated rings. The maximum absolute atomic E-state index is 12.4. The number of benzene rings is 1. The lowest BCUT2D eigenvalue weighted by atomic mass is 10.1. The molecule has 1 aromatic carbocycles. The topological polar surface area (TPSA) is 3.24 Å². The molecule has 0 aliphatic heterocycles. The Morgan fingerprint density at radius 3 is 2.11 bits per heavy atom. The van der Waals surface area contributed by atoms with Crippen molar-refractivity contribution in [3.63, 3.8) is 0 Å². The standard InChI is InChI=1S/C13H17ClF3N/c1-10-5-11(2)7-12(6-10)8-18(4-3-14)9-13(15,16)17/h5-7H,3-4,8-9H2,1-2H3. The zero-order valence-corrected chi connectivity index (χ0v) is 11.3. The summed E-state index contributed by atoms with van der Waals surface area (Å²) in [4.78, 5) is 1.32. The third kappa shape index (κ3) is 5.74. The Morgan fingerprint density at radius 1 is 1.11 bits per heavy atom. The van der Waals surface area contributed by atoms with E-state index in [1.54, 1.807) is 0 Å². The van der Waals surface area contributed by atoms with Gasteiger partial charge in [-0.3, -0.25) is 4.90 Å². The molecule has 0 N–H and O–H groups in total. The van der Waals surface area contributed by atoms with Crippen LogP contribution in [0.5, 0.6) is 0 Å². The molecule has 0 radical (unpaired) electrons. The first-order valence-corrected chi connectivity index (χ1v) is 6.26. The van der Waals surface area contributed by atoms with E-state index in [1.807, 2.05) is 32.0 Å². The lowest BCUT2D eigenvalue weighted by molar-refractivity contribution is -0.146. The Kier molecular flexibility index (Phi) is 5.47. The first kappa shape index (κ1) is 15.3. The van der Waals surface area contributed by atoms with Gasteiger partial charge in [0, 0.05) is 19.0 Å². The molecular weight excluding hydrogens is 263 g/mol. The Morgan fingerprint density at radius 2 is 1.67 bits per heavy atom. The molecule has 0 heterocycles. The second-order valence-electron chi connectivity index (χ2n) is 4.51. The van der Waals surface area contributed by atoms with Crippen molar-refractivity contribution in [2.45, 2.75) is 26.6 Å². The van der Waals surface area contributed by atoms with Gasteiger partial charge in [-0.15, -0.1) is 11.6 Å². The van der Waals surface area contributed by atoms with Crippen LogP contribution in [0.3, 0.4) is 0 Å². The van der Waals surface area contributed by atoms with E-state index in [1.165, 1.54) is 4.90 Å². The molecule has 102 valence electrons.